The summed E-state index contributed by atoms with van der Waals surface area (Å²) in [6.45, 7) is 2.80. The van der Waals surface area contributed by atoms with Crippen LogP contribution in [-0.4, -0.2) is 25.0 Å². The van der Waals surface area contributed by atoms with Gasteiger partial charge in [0, 0.05) is 6.54 Å². The molecule has 19 heavy (non-hydrogen) atoms. The summed E-state index contributed by atoms with van der Waals surface area (Å²) in [4.78, 5) is 11.2. The maximum absolute atomic E-state index is 11.2. The summed E-state index contributed by atoms with van der Waals surface area (Å²) in [6, 6.07) is 10.3. The highest BCUT2D eigenvalue weighted by Crippen LogP contribution is 2.19. The average molecular weight is 261 g/mol. The molecule has 1 aromatic rings. The fourth-order valence-electron chi connectivity index (χ4n) is 2.61. The maximum atomic E-state index is 11.2. The third kappa shape index (κ3) is 4.65. The minimum absolute atomic E-state index is 0.132. The second-order valence-electron chi connectivity index (χ2n) is 5.25. The molecule has 4 nitrogen and oxygen atoms in total. The van der Waals surface area contributed by atoms with Gasteiger partial charge < -0.3 is 16.4 Å². The number of nitrogens with one attached hydrogen (secondary N) is 2. The van der Waals surface area contributed by atoms with Crippen LogP contribution in [0.2, 0.25) is 0 Å². The van der Waals surface area contributed by atoms with E-state index in [4.69, 9.17) is 5.73 Å². The topological polar surface area (TPSA) is 67.2 Å². The molecule has 0 radical (unpaired) electrons. The lowest BCUT2D eigenvalue weighted by Gasteiger charge is -2.28. The minimum Gasteiger partial charge on any atom is -0.368 e. The Morgan fingerprint density at radius 1 is 1.37 bits per heavy atom. The van der Waals surface area contributed by atoms with Crippen molar-refractivity contribution in [3.8, 4) is 0 Å². The number of rotatable bonds is 6. The molecule has 1 fully saturated rings. The molecule has 1 aromatic carbocycles. The number of primary amides is 1. The molecule has 4 heteroatoms. The lowest BCUT2D eigenvalue weighted by Crippen LogP contribution is -2.47. The van der Waals surface area contributed by atoms with Gasteiger partial charge in [0.2, 0.25) is 5.91 Å². The van der Waals surface area contributed by atoms with Crippen molar-refractivity contribution in [1.82, 2.24) is 10.6 Å². The van der Waals surface area contributed by atoms with Crippen molar-refractivity contribution in [2.45, 2.75) is 31.8 Å². The van der Waals surface area contributed by atoms with E-state index in [2.05, 4.69) is 34.9 Å². The van der Waals surface area contributed by atoms with Gasteiger partial charge in [0.1, 0.15) is 0 Å². The largest absolute Gasteiger partial charge is 0.368 e. The van der Waals surface area contributed by atoms with Gasteiger partial charge in [-0.1, -0.05) is 30.3 Å². The molecule has 0 bridgehead atoms. The van der Waals surface area contributed by atoms with E-state index in [1.54, 1.807) is 0 Å². The van der Waals surface area contributed by atoms with E-state index in [0.29, 0.717) is 5.92 Å². The standard InChI is InChI=1S/C15H23N3O/c16-15(19)14-10-12(7-9-18-14)6-8-17-11-13-4-2-1-3-5-13/h1-5,12,14,17-18H,6-11H2,(H2,16,19). The van der Waals surface area contributed by atoms with E-state index in [1.165, 1.54) is 5.56 Å². The summed E-state index contributed by atoms with van der Waals surface area (Å²) in [5, 5.41) is 6.63. The molecule has 2 rings (SSSR count). The summed E-state index contributed by atoms with van der Waals surface area (Å²) in [7, 11) is 0. The van der Waals surface area contributed by atoms with Crippen molar-refractivity contribution in [1.29, 1.82) is 0 Å². The Morgan fingerprint density at radius 3 is 2.89 bits per heavy atom. The Kier molecular flexibility index (Phi) is 5.36. The second-order valence-corrected chi connectivity index (χ2v) is 5.25. The number of hydrogen-bond donors (Lipinski definition) is 3. The fourth-order valence-corrected chi connectivity index (χ4v) is 2.61. The Morgan fingerprint density at radius 2 is 2.16 bits per heavy atom. The summed E-state index contributed by atoms with van der Waals surface area (Å²) < 4.78 is 0. The van der Waals surface area contributed by atoms with Crippen LogP contribution in [0.25, 0.3) is 0 Å². The molecule has 1 saturated heterocycles. The first-order chi connectivity index (χ1) is 9.25. The lowest BCUT2D eigenvalue weighted by molar-refractivity contribution is -0.120. The normalized spacial score (nSPS) is 23.2. The van der Waals surface area contributed by atoms with Crippen LogP contribution in [0, 0.1) is 5.92 Å². The molecule has 0 aromatic heterocycles. The van der Waals surface area contributed by atoms with Gasteiger partial charge in [0.25, 0.3) is 0 Å². The van der Waals surface area contributed by atoms with Crippen molar-refractivity contribution in [2.75, 3.05) is 13.1 Å². The lowest BCUT2D eigenvalue weighted by atomic mass is 9.89. The summed E-state index contributed by atoms with van der Waals surface area (Å²) >= 11 is 0. The van der Waals surface area contributed by atoms with E-state index in [-0.39, 0.29) is 11.9 Å². The molecule has 0 spiro atoms. The molecule has 1 aliphatic rings. The molecule has 1 amide bonds. The number of nitrogens with two attached hydrogens (primary N) is 1. The Balaban J connectivity index is 1.64. The van der Waals surface area contributed by atoms with E-state index in [9.17, 15) is 4.79 Å². The quantitative estimate of drug-likeness (QED) is 0.670. The molecule has 1 aliphatic heterocycles. The zero-order valence-corrected chi connectivity index (χ0v) is 11.3. The van der Waals surface area contributed by atoms with Crippen LogP contribution in [0.5, 0.6) is 0 Å². The zero-order chi connectivity index (χ0) is 13.5. The maximum Gasteiger partial charge on any atom is 0.234 e. The van der Waals surface area contributed by atoms with E-state index >= 15 is 0 Å². The molecule has 1 heterocycles. The van der Waals surface area contributed by atoms with Crippen LogP contribution in [-0.2, 0) is 11.3 Å². The number of carbonyl (C=O) groups is 1. The number of benzene rings is 1. The van der Waals surface area contributed by atoms with Crippen LogP contribution in [0.3, 0.4) is 0 Å². The first-order valence-electron chi connectivity index (χ1n) is 7.03. The van der Waals surface area contributed by atoms with Crippen LogP contribution in [0.4, 0.5) is 0 Å². The molecule has 0 saturated carbocycles. The second kappa shape index (κ2) is 7.26. The smallest absolute Gasteiger partial charge is 0.234 e. The minimum atomic E-state index is -0.220. The van der Waals surface area contributed by atoms with Crippen molar-refractivity contribution in [2.24, 2.45) is 11.7 Å². The average Bonchev–Trinajstić information content (AvgIpc) is 2.45. The SMILES string of the molecule is NC(=O)C1CC(CCNCc2ccccc2)CCN1. The highest BCUT2D eigenvalue weighted by Gasteiger charge is 2.24. The van der Waals surface area contributed by atoms with Crippen LogP contribution < -0.4 is 16.4 Å². The van der Waals surface area contributed by atoms with Crippen LogP contribution in [0.1, 0.15) is 24.8 Å². The zero-order valence-electron chi connectivity index (χ0n) is 11.3. The van der Waals surface area contributed by atoms with Gasteiger partial charge in [0.05, 0.1) is 6.04 Å². The van der Waals surface area contributed by atoms with Crippen molar-refractivity contribution >= 4 is 5.91 Å². The van der Waals surface area contributed by atoms with E-state index in [0.717, 1.165) is 38.9 Å². The fraction of sp³-hybridized carbons (Fsp3) is 0.533. The Hall–Kier alpha value is -1.39. The van der Waals surface area contributed by atoms with Gasteiger partial charge in [-0.3, -0.25) is 4.79 Å². The predicted octanol–water partition coefficient (Wildman–Crippen LogP) is 1.02. The van der Waals surface area contributed by atoms with Crippen LogP contribution in [0.15, 0.2) is 30.3 Å². The van der Waals surface area contributed by atoms with Gasteiger partial charge in [-0.25, -0.2) is 0 Å². The van der Waals surface area contributed by atoms with E-state index in [1.807, 2.05) is 6.07 Å². The molecule has 0 aliphatic carbocycles. The van der Waals surface area contributed by atoms with Gasteiger partial charge in [-0.2, -0.15) is 0 Å². The molecule has 2 atom stereocenters. The Bertz CT molecular complexity index is 394. The van der Waals surface area contributed by atoms with Crippen molar-refractivity contribution in [3.63, 3.8) is 0 Å². The third-order valence-electron chi connectivity index (χ3n) is 3.76. The monoisotopic (exact) mass is 261 g/mol. The molecular formula is C15H23N3O. The van der Waals surface area contributed by atoms with Crippen molar-refractivity contribution in [3.05, 3.63) is 35.9 Å². The number of hydrogen-bond acceptors (Lipinski definition) is 3. The molecular weight excluding hydrogens is 238 g/mol. The van der Waals surface area contributed by atoms with Crippen molar-refractivity contribution < 1.29 is 4.79 Å². The summed E-state index contributed by atoms with van der Waals surface area (Å²) in [5.74, 6) is 0.379. The van der Waals surface area contributed by atoms with Crippen LogP contribution >= 0.6 is 0 Å². The highest BCUT2D eigenvalue weighted by atomic mass is 16.1. The van der Waals surface area contributed by atoms with Gasteiger partial charge in [0.15, 0.2) is 0 Å². The number of piperidine rings is 1. The molecule has 2 unspecified atom stereocenters. The van der Waals surface area contributed by atoms with Gasteiger partial charge in [-0.15, -0.1) is 0 Å². The first-order valence-corrected chi connectivity index (χ1v) is 7.03. The molecule has 4 N–H and O–H groups in total. The molecule has 104 valence electrons. The first kappa shape index (κ1) is 14.0. The number of carbonyl (C=O) groups excluding carboxylic acids is 1. The summed E-state index contributed by atoms with van der Waals surface area (Å²) in [6.07, 6.45) is 3.12. The van der Waals surface area contributed by atoms with Gasteiger partial charge >= 0.3 is 0 Å². The predicted molar refractivity (Wildman–Crippen MR) is 76.5 cm³/mol. The number of amides is 1. The summed E-state index contributed by atoms with van der Waals surface area (Å²) in [5.41, 5.74) is 6.65. The Labute approximate surface area is 114 Å². The van der Waals surface area contributed by atoms with Gasteiger partial charge in [-0.05, 0) is 43.8 Å². The van der Waals surface area contributed by atoms with E-state index < -0.39 is 0 Å². The third-order valence-corrected chi connectivity index (χ3v) is 3.76. The highest BCUT2D eigenvalue weighted by molar-refractivity contribution is 5.79.